The second-order valence-electron chi connectivity index (χ2n) is 6.67. The maximum atomic E-state index is 12.3. The molecule has 2 N–H and O–H groups in total. The van der Waals surface area contributed by atoms with Crippen molar-refractivity contribution in [2.75, 3.05) is 10.6 Å². The zero-order valence-corrected chi connectivity index (χ0v) is 16.4. The van der Waals surface area contributed by atoms with Crippen LogP contribution in [0.2, 0.25) is 0 Å². The number of aromatic nitrogens is 1. The Kier molecular flexibility index (Phi) is 5.35. The fourth-order valence-corrected chi connectivity index (χ4v) is 3.98. The van der Waals surface area contributed by atoms with E-state index in [9.17, 15) is 4.79 Å². The van der Waals surface area contributed by atoms with Crippen molar-refractivity contribution in [2.24, 2.45) is 0 Å². The van der Waals surface area contributed by atoms with Crippen LogP contribution in [0.15, 0.2) is 78.9 Å². The van der Waals surface area contributed by atoms with Gasteiger partial charge in [0.25, 0.3) is 0 Å². The van der Waals surface area contributed by atoms with Gasteiger partial charge in [0.1, 0.15) is 6.04 Å². The Hall–Kier alpha value is -3.18. The van der Waals surface area contributed by atoms with E-state index in [-0.39, 0.29) is 11.9 Å². The Bertz CT molecular complexity index is 1040. The van der Waals surface area contributed by atoms with E-state index >= 15 is 0 Å². The van der Waals surface area contributed by atoms with Crippen molar-refractivity contribution in [1.82, 2.24) is 4.98 Å². The van der Waals surface area contributed by atoms with Gasteiger partial charge in [-0.1, -0.05) is 42.5 Å². The monoisotopic (exact) mass is 387 g/mol. The number of rotatable bonds is 6. The zero-order valence-electron chi connectivity index (χ0n) is 15.6. The van der Waals surface area contributed by atoms with Crippen LogP contribution in [-0.2, 0) is 11.2 Å². The molecule has 28 heavy (non-hydrogen) atoms. The molecule has 1 aromatic heterocycles. The molecule has 1 heterocycles. The number of nitrogens with one attached hydrogen (secondary N) is 2. The molecule has 4 rings (SSSR count). The highest BCUT2D eigenvalue weighted by Gasteiger charge is 2.13. The predicted octanol–water partition coefficient (Wildman–Crippen LogP) is 5.33. The van der Waals surface area contributed by atoms with Gasteiger partial charge in [-0.3, -0.25) is 4.79 Å². The minimum Gasteiger partial charge on any atom is -0.374 e. The third-order valence-corrected chi connectivity index (χ3v) is 5.50. The molecule has 4 nitrogen and oxygen atoms in total. The van der Waals surface area contributed by atoms with Crippen LogP contribution in [0.1, 0.15) is 17.5 Å². The van der Waals surface area contributed by atoms with Crippen LogP contribution in [0.4, 0.5) is 11.4 Å². The third kappa shape index (κ3) is 4.38. The lowest BCUT2D eigenvalue weighted by molar-refractivity contribution is -0.116. The first-order valence-corrected chi connectivity index (χ1v) is 10.0. The van der Waals surface area contributed by atoms with Crippen LogP contribution in [-0.4, -0.2) is 16.9 Å². The Morgan fingerprint density at radius 1 is 0.929 bits per heavy atom. The van der Waals surface area contributed by atoms with Crippen molar-refractivity contribution < 1.29 is 4.79 Å². The number of hydrogen-bond donors (Lipinski definition) is 2. The van der Waals surface area contributed by atoms with Gasteiger partial charge in [0.15, 0.2) is 0 Å². The molecule has 0 saturated heterocycles. The summed E-state index contributed by atoms with van der Waals surface area (Å²) in [5.41, 5.74) is 3.97. The molecule has 5 heteroatoms. The maximum absolute atomic E-state index is 12.3. The highest BCUT2D eigenvalue weighted by molar-refractivity contribution is 7.18. The van der Waals surface area contributed by atoms with E-state index < -0.39 is 0 Å². The van der Waals surface area contributed by atoms with Gasteiger partial charge in [-0.15, -0.1) is 11.3 Å². The summed E-state index contributed by atoms with van der Waals surface area (Å²) in [6.45, 7) is 1.85. The number of para-hydroxylation sites is 2. The number of hydrogen-bond acceptors (Lipinski definition) is 4. The molecule has 0 aliphatic rings. The van der Waals surface area contributed by atoms with E-state index in [1.165, 1.54) is 10.3 Å². The molecule has 1 atom stereocenters. The highest BCUT2D eigenvalue weighted by Crippen LogP contribution is 2.24. The van der Waals surface area contributed by atoms with Crippen molar-refractivity contribution >= 4 is 38.8 Å². The summed E-state index contributed by atoms with van der Waals surface area (Å²) in [6, 6.07) is 25.5. The normalized spacial score (nSPS) is 11.9. The molecule has 1 amide bonds. The van der Waals surface area contributed by atoms with Gasteiger partial charge in [-0.2, -0.15) is 0 Å². The number of anilines is 2. The van der Waals surface area contributed by atoms with E-state index in [0.717, 1.165) is 28.3 Å². The molecule has 3 aromatic carbocycles. The van der Waals surface area contributed by atoms with E-state index in [2.05, 4.69) is 28.8 Å². The van der Waals surface area contributed by atoms with Gasteiger partial charge in [-0.25, -0.2) is 4.98 Å². The number of amides is 1. The van der Waals surface area contributed by atoms with E-state index in [4.69, 9.17) is 4.98 Å². The SMILES string of the molecule is C[C@@H](Nc1ccc(Cc2nc3ccccc3s2)cc1)C(=O)Nc1ccccc1. The summed E-state index contributed by atoms with van der Waals surface area (Å²) in [5, 5.41) is 7.27. The number of benzene rings is 3. The van der Waals surface area contributed by atoms with Gasteiger partial charge in [-0.05, 0) is 48.9 Å². The van der Waals surface area contributed by atoms with E-state index in [1.807, 2.05) is 67.6 Å². The molecule has 0 bridgehead atoms. The molecule has 0 spiro atoms. The molecule has 140 valence electrons. The van der Waals surface area contributed by atoms with Gasteiger partial charge in [0, 0.05) is 17.8 Å². The number of fused-ring (bicyclic) bond motifs is 1. The second kappa shape index (κ2) is 8.23. The van der Waals surface area contributed by atoms with Crippen molar-refractivity contribution in [3.63, 3.8) is 0 Å². The second-order valence-corrected chi connectivity index (χ2v) is 7.79. The van der Waals surface area contributed by atoms with Crippen molar-refractivity contribution in [2.45, 2.75) is 19.4 Å². The van der Waals surface area contributed by atoms with Crippen molar-refractivity contribution in [3.8, 4) is 0 Å². The van der Waals surface area contributed by atoms with Crippen LogP contribution < -0.4 is 10.6 Å². The topological polar surface area (TPSA) is 54.0 Å². The van der Waals surface area contributed by atoms with Crippen LogP contribution in [0.3, 0.4) is 0 Å². The van der Waals surface area contributed by atoms with E-state index in [0.29, 0.717) is 0 Å². The molecular formula is C23H21N3OS. The first kappa shape index (κ1) is 18.2. The van der Waals surface area contributed by atoms with Crippen LogP contribution in [0.25, 0.3) is 10.2 Å². The number of nitrogens with zero attached hydrogens (tertiary/aromatic N) is 1. The molecule has 0 aliphatic heterocycles. The summed E-state index contributed by atoms with van der Waals surface area (Å²) < 4.78 is 1.22. The zero-order chi connectivity index (χ0) is 19.3. The fraction of sp³-hybridized carbons (Fsp3) is 0.130. The number of carbonyl (C=O) groups excluding carboxylic acids is 1. The minimum atomic E-state index is -0.338. The van der Waals surface area contributed by atoms with E-state index in [1.54, 1.807) is 11.3 Å². The lowest BCUT2D eigenvalue weighted by atomic mass is 10.1. The van der Waals surface area contributed by atoms with Gasteiger partial charge in [0.05, 0.1) is 15.2 Å². The van der Waals surface area contributed by atoms with Crippen LogP contribution >= 0.6 is 11.3 Å². The van der Waals surface area contributed by atoms with Gasteiger partial charge in [0.2, 0.25) is 5.91 Å². The average Bonchev–Trinajstić information content (AvgIpc) is 3.12. The summed E-state index contributed by atoms with van der Waals surface area (Å²) in [5.74, 6) is -0.0650. The lowest BCUT2D eigenvalue weighted by Gasteiger charge is -2.15. The summed E-state index contributed by atoms with van der Waals surface area (Å²) in [7, 11) is 0. The summed E-state index contributed by atoms with van der Waals surface area (Å²) in [4.78, 5) is 17.0. The first-order valence-electron chi connectivity index (χ1n) is 9.23. The number of carbonyl (C=O) groups is 1. The lowest BCUT2D eigenvalue weighted by Crippen LogP contribution is -2.31. The molecule has 0 saturated carbocycles. The van der Waals surface area contributed by atoms with Crippen LogP contribution in [0.5, 0.6) is 0 Å². The summed E-state index contributed by atoms with van der Waals surface area (Å²) in [6.07, 6.45) is 0.809. The molecule has 4 aromatic rings. The number of thiazole rings is 1. The molecular weight excluding hydrogens is 366 g/mol. The molecule has 0 radical (unpaired) electrons. The molecule has 0 aliphatic carbocycles. The van der Waals surface area contributed by atoms with Crippen molar-refractivity contribution in [3.05, 3.63) is 89.4 Å². The Balaban J connectivity index is 1.36. The standard InChI is InChI=1S/C23H21N3OS/c1-16(23(27)25-18-7-3-2-4-8-18)24-19-13-11-17(12-14-19)15-22-26-20-9-5-6-10-21(20)28-22/h2-14,16,24H,15H2,1H3,(H,25,27)/t16-/m1/s1. The maximum Gasteiger partial charge on any atom is 0.246 e. The van der Waals surface area contributed by atoms with Gasteiger partial charge >= 0.3 is 0 Å². The molecule has 0 unspecified atom stereocenters. The minimum absolute atomic E-state index is 0.0650. The Morgan fingerprint density at radius 2 is 1.64 bits per heavy atom. The Labute approximate surface area is 168 Å². The fourth-order valence-electron chi connectivity index (χ4n) is 2.98. The average molecular weight is 388 g/mol. The first-order chi connectivity index (χ1) is 13.7. The highest BCUT2D eigenvalue weighted by atomic mass is 32.1. The van der Waals surface area contributed by atoms with Crippen molar-refractivity contribution in [1.29, 1.82) is 0 Å². The predicted molar refractivity (Wildman–Crippen MR) is 117 cm³/mol. The van der Waals surface area contributed by atoms with Crippen LogP contribution in [0, 0.1) is 0 Å². The third-order valence-electron chi connectivity index (χ3n) is 4.47. The van der Waals surface area contributed by atoms with Gasteiger partial charge < -0.3 is 10.6 Å². The smallest absolute Gasteiger partial charge is 0.246 e. The molecule has 0 fully saturated rings. The summed E-state index contributed by atoms with van der Waals surface area (Å²) >= 11 is 1.73. The quantitative estimate of drug-likeness (QED) is 0.470. The largest absolute Gasteiger partial charge is 0.374 e. The Morgan fingerprint density at radius 3 is 2.39 bits per heavy atom.